The van der Waals surface area contributed by atoms with Gasteiger partial charge in [0.05, 0.1) is 0 Å². The van der Waals surface area contributed by atoms with Crippen molar-refractivity contribution in [2.75, 3.05) is 0 Å². The quantitative estimate of drug-likeness (QED) is 0.324. The molecule has 38 valence electrons. The molecule has 0 saturated carbocycles. The van der Waals surface area contributed by atoms with E-state index in [-0.39, 0.29) is 20.3 Å². The van der Waals surface area contributed by atoms with Gasteiger partial charge in [-0.2, -0.15) is 0 Å². The third kappa shape index (κ3) is 3.40. The summed E-state index contributed by atoms with van der Waals surface area (Å²) < 4.78 is 0. The van der Waals surface area contributed by atoms with Crippen molar-refractivity contribution in [1.29, 1.82) is 0 Å². The molecule has 1 aliphatic heterocycles. The van der Waals surface area contributed by atoms with Crippen molar-refractivity contribution in [2.45, 2.75) is 31.4 Å². The van der Waals surface area contributed by atoms with Crippen LogP contribution in [0.2, 0.25) is 12.1 Å². The smallest absolute Gasteiger partial charge is 1.00 e. The summed E-state index contributed by atoms with van der Waals surface area (Å²) >= 11 is 0. The van der Waals surface area contributed by atoms with Gasteiger partial charge in [0.1, 0.15) is 0 Å². The van der Waals surface area contributed by atoms with Crippen molar-refractivity contribution in [3.8, 4) is 0 Å². The molecule has 1 saturated heterocycles. The topological polar surface area (TPSA) is 0 Å². The molecule has 0 spiro atoms. The minimum Gasteiger partial charge on any atom is -1.00 e. The van der Waals surface area contributed by atoms with E-state index in [0.29, 0.717) is 9.52 Å². The molecular formula is C5H13LiSi. The van der Waals surface area contributed by atoms with Gasteiger partial charge < -0.3 is 1.43 Å². The van der Waals surface area contributed by atoms with Gasteiger partial charge in [-0.05, 0) is 0 Å². The third-order valence-corrected chi connectivity index (χ3v) is 3.50. The maximum absolute atomic E-state index is 1.64. The molecule has 0 aliphatic carbocycles. The van der Waals surface area contributed by atoms with E-state index in [1.165, 1.54) is 6.42 Å². The molecule has 0 N–H and O–H groups in total. The maximum Gasteiger partial charge on any atom is 1.00 e. The van der Waals surface area contributed by atoms with Crippen LogP contribution in [0.1, 0.15) is 20.7 Å². The predicted octanol–water partition coefficient (Wildman–Crippen LogP) is -1.71. The second-order valence-corrected chi connectivity index (χ2v) is 4.24. The van der Waals surface area contributed by atoms with E-state index in [0.717, 1.165) is 0 Å². The average Bonchev–Trinajstić information content (AvgIpc) is 1.72. The van der Waals surface area contributed by atoms with E-state index >= 15 is 0 Å². The summed E-state index contributed by atoms with van der Waals surface area (Å²) in [6.07, 6.45) is 4.66. The standard InChI is InChI=1S/C5H12Si.Li.H/c1-2-4-6-5-3-1;;/h1-6H2;;/q;+1;-1. The van der Waals surface area contributed by atoms with Crippen molar-refractivity contribution in [1.82, 2.24) is 0 Å². The van der Waals surface area contributed by atoms with Crippen LogP contribution in [0.25, 0.3) is 0 Å². The molecule has 1 rings (SSSR count). The first-order chi connectivity index (χ1) is 3.00. The minimum absolute atomic E-state index is 0. The van der Waals surface area contributed by atoms with Crippen molar-refractivity contribution in [3.05, 3.63) is 0 Å². The normalized spacial score (nSPS) is 20.6. The van der Waals surface area contributed by atoms with Gasteiger partial charge in [-0.15, -0.1) is 0 Å². The van der Waals surface area contributed by atoms with Crippen LogP contribution in [-0.4, -0.2) is 9.52 Å². The average molecular weight is 108 g/mol. The van der Waals surface area contributed by atoms with Crippen LogP contribution in [0.3, 0.4) is 0 Å². The first-order valence-corrected chi connectivity index (χ1v) is 5.00. The molecule has 0 aromatic rings. The Morgan fingerprint density at radius 3 is 1.71 bits per heavy atom. The fraction of sp³-hybridized carbons (Fsp3) is 1.00. The summed E-state index contributed by atoms with van der Waals surface area (Å²) in [5, 5.41) is 0. The van der Waals surface area contributed by atoms with Gasteiger partial charge in [-0.3, -0.25) is 0 Å². The molecule has 1 aliphatic rings. The summed E-state index contributed by atoms with van der Waals surface area (Å²) in [5.41, 5.74) is 0. The summed E-state index contributed by atoms with van der Waals surface area (Å²) in [6.45, 7) is 0. The van der Waals surface area contributed by atoms with E-state index in [9.17, 15) is 0 Å². The van der Waals surface area contributed by atoms with Crippen LogP contribution in [0, 0.1) is 0 Å². The molecule has 0 amide bonds. The van der Waals surface area contributed by atoms with Crippen LogP contribution in [0.15, 0.2) is 0 Å². The van der Waals surface area contributed by atoms with Gasteiger partial charge in [0.25, 0.3) is 0 Å². The van der Waals surface area contributed by atoms with Crippen molar-refractivity contribution < 1.29 is 20.3 Å². The molecule has 7 heavy (non-hydrogen) atoms. The van der Waals surface area contributed by atoms with Crippen LogP contribution in [-0.2, 0) is 0 Å². The van der Waals surface area contributed by atoms with Gasteiger partial charge >= 0.3 is 18.9 Å². The zero-order valence-electron chi connectivity index (χ0n) is 6.24. The van der Waals surface area contributed by atoms with E-state index in [1.807, 2.05) is 0 Å². The van der Waals surface area contributed by atoms with Gasteiger partial charge in [-0.1, -0.05) is 31.4 Å². The summed E-state index contributed by atoms with van der Waals surface area (Å²) in [6, 6.07) is 3.28. The van der Waals surface area contributed by atoms with Crippen molar-refractivity contribution >= 4 is 9.52 Å². The molecule has 0 aromatic carbocycles. The molecule has 1 fully saturated rings. The Morgan fingerprint density at radius 1 is 1.00 bits per heavy atom. The Balaban J connectivity index is 0. The summed E-state index contributed by atoms with van der Waals surface area (Å²) in [4.78, 5) is 0. The van der Waals surface area contributed by atoms with E-state index < -0.39 is 0 Å². The Kier molecular flexibility index (Phi) is 5.54. The first-order valence-electron chi connectivity index (χ1n) is 3.00. The fourth-order valence-electron chi connectivity index (χ4n) is 1.06. The largest absolute Gasteiger partial charge is 1.00 e. The Bertz CT molecular complexity index is 27.9. The SMILES string of the molecule is C1CC[SiH2]CC1.[H-].[Li+]. The second kappa shape index (κ2) is 4.96. The molecule has 1 heterocycles. The number of hydrogen-bond donors (Lipinski definition) is 0. The zero-order chi connectivity index (χ0) is 4.24. The van der Waals surface area contributed by atoms with Crippen molar-refractivity contribution in [2.24, 2.45) is 0 Å². The van der Waals surface area contributed by atoms with Gasteiger partial charge in [0, 0.05) is 9.52 Å². The molecule has 0 unspecified atom stereocenters. The van der Waals surface area contributed by atoms with Crippen LogP contribution in [0.4, 0.5) is 0 Å². The second-order valence-electron chi connectivity index (χ2n) is 2.12. The zero-order valence-corrected chi connectivity index (χ0v) is 6.66. The molecule has 2 heteroatoms. The number of hydrogen-bond acceptors (Lipinski definition) is 0. The Hall–Kier alpha value is 0.814. The molecule has 0 aromatic heterocycles. The van der Waals surface area contributed by atoms with Crippen LogP contribution < -0.4 is 18.9 Å². The first kappa shape index (κ1) is 7.81. The molecule has 0 radical (unpaired) electrons. The fourth-order valence-corrected chi connectivity index (χ4v) is 2.83. The number of rotatable bonds is 0. The van der Waals surface area contributed by atoms with Gasteiger partial charge in [0.2, 0.25) is 0 Å². The summed E-state index contributed by atoms with van der Waals surface area (Å²) in [7, 11) is 0.508. The van der Waals surface area contributed by atoms with Crippen LogP contribution >= 0.6 is 0 Å². The monoisotopic (exact) mass is 108 g/mol. The van der Waals surface area contributed by atoms with E-state index in [2.05, 4.69) is 0 Å². The van der Waals surface area contributed by atoms with Gasteiger partial charge in [0.15, 0.2) is 0 Å². The maximum atomic E-state index is 1.64. The molecular weight excluding hydrogens is 95.1 g/mol. The molecule has 0 bridgehead atoms. The minimum atomic E-state index is 0. The van der Waals surface area contributed by atoms with Crippen LogP contribution in [0.5, 0.6) is 0 Å². The molecule has 0 atom stereocenters. The summed E-state index contributed by atoms with van der Waals surface area (Å²) in [5.74, 6) is 0. The van der Waals surface area contributed by atoms with E-state index in [4.69, 9.17) is 0 Å². The van der Waals surface area contributed by atoms with Crippen molar-refractivity contribution in [3.63, 3.8) is 0 Å². The Morgan fingerprint density at radius 2 is 1.57 bits per heavy atom. The third-order valence-electron chi connectivity index (χ3n) is 1.50. The molecule has 0 nitrogen and oxygen atoms in total. The predicted molar refractivity (Wildman–Crippen MR) is 33.1 cm³/mol. The Labute approximate surface area is 61.5 Å². The van der Waals surface area contributed by atoms with Gasteiger partial charge in [-0.25, -0.2) is 0 Å². The van der Waals surface area contributed by atoms with E-state index in [1.54, 1.807) is 24.9 Å².